The van der Waals surface area contributed by atoms with E-state index in [1.807, 2.05) is 48.5 Å². The van der Waals surface area contributed by atoms with E-state index in [9.17, 15) is 0 Å². The van der Waals surface area contributed by atoms with Crippen molar-refractivity contribution in [1.82, 2.24) is 10.3 Å². The lowest BCUT2D eigenvalue weighted by atomic mass is 10.2. The zero-order chi connectivity index (χ0) is 18.9. The van der Waals surface area contributed by atoms with Gasteiger partial charge in [0.05, 0.1) is 8.95 Å². The maximum absolute atomic E-state index is 5.96. The number of halogens is 2. The molecule has 0 unspecified atom stereocenters. The maximum atomic E-state index is 5.96. The van der Waals surface area contributed by atoms with Crippen LogP contribution in [-0.2, 0) is 13.2 Å². The third-order valence-electron chi connectivity index (χ3n) is 3.78. The summed E-state index contributed by atoms with van der Waals surface area (Å²) in [5.41, 5.74) is 2.29. The van der Waals surface area contributed by atoms with Crippen molar-refractivity contribution in [3.8, 4) is 11.6 Å². The molecular weight excluding hydrogens is 472 g/mol. The summed E-state index contributed by atoms with van der Waals surface area (Å²) in [5, 5.41) is 3.37. The number of rotatable bonds is 9. The SMILES string of the molecule is Brc1cc(CNCCOc2ccccn2)cc(Br)c1OCc1ccccc1. The third-order valence-corrected chi connectivity index (χ3v) is 4.96. The van der Waals surface area contributed by atoms with Crippen molar-refractivity contribution in [1.29, 1.82) is 0 Å². The first-order valence-electron chi connectivity index (χ1n) is 8.61. The molecule has 0 aliphatic rings. The van der Waals surface area contributed by atoms with Crippen molar-refractivity contribution in [2.75, 3.05) is 13.2 Å². The van der Waals surface area contributed by atoms with Gasteiger partial charge in [-0.1, -0.05) is 36.4 Å². The van der Waals surface area contributed by atoms with Gasteiger partial charge in [-0.15, -0.1) is 0 Å². The molecule has 0 spiro atoms. The number of hydrogen-bond acceptors (Lipinski definition) is 4. The van der Waals surface area contributed by atoms with E-state index in [0.29, 0.717) is 19.1 Å². The number of hydrogen-bond donors (Lipinski definition) is 1. The first-order valence-corrected chi connectivity index (χ1v) is 10.2. The molecule has 3 rings (SSSR count). The van der Waals surface area contributed by atoms with E-state index in [-0.39, 0.29) is 0 Å². The Hall–Kier alpha value is -1.89. The summed E-state index contributed by atoms with van der Waals surface area (Å²) in [6, 6.07) is 19.9. The van der Waals surface area contributed by atoms with Crippen LogP contribution < -0.4 is 14.8 Å². The second-order valence-corrected chi connectivity index (χ2v) is 7.56. The van der Waals surface area contributed by atoms with Crippen LogP contribution in [0.25, 0.3) is 0 Å². The number of pyridine rings is 1. The second-order valence-electron chi connectivity index (χ2n) is 5.86. The van der Waals surface area contributed by atoms with Crippen LogP contribution >= 0.6 is 31.9 Å². The van der Waals surface area contributed by atoms with Gasteiger partial charge in [0.1, 0.15) is 19.0 Å². The molecule has 0 fully saturated rings. The molecule has 0 aliphatic carbocycles. The van der Waals surface area contributed by atoms with Gasteiger partial charge in [-0.05, 0) is 61.2 Å². The lowest BCUT2D eigenvalue weighted by Crippen LogP contribution is -2.20. The molecule has 0 saturated heterocycles. The summed E-state index contributed by atoms with van der Waals surface area (Å²) in [7, 11) is 0. The highest BCUT2D eigenvalue weighted by atomic mass is 79.9. The Balaban J connectivity index is 1.47. The summed E-state index contributed by atoms with van der Waals surface area (Å²) >= 11 is 7.22. The molecule has 0 radical (unpaired) electrons. The maximum Gasteiger partial charge on any atom is 0.213 e. The molecule has 27 heavy (non-hydrogen) atoms. The largest absolute Gasteiger partial charge is 0.487 e. The van der Waals surface area contributed by atoms with Crippen LogP contribution in [0.5, 0.6) is 11.6 Å². The summed E-state index contributed by atoms with van der Waals surface area (Å²) in [6.07, 6.45) is 1.72. The fraction of sp³-hybridized carbons (Fsp3) is 0.190. The summed E-state index contributed by atoms with van der Waals surface area (Å²) in [6.45, 7) is 2.57. The fourth-order valence-electron chi connectivity index (χ4n) is 2.48. The zero-order valence-electron chi connectivity index (χ0n) is 14.7. The van der Waals surface area contributed by atoms with E-state index in [2.05, 4.69) is 54.3 Å². The second kappa shape index (κ2) is 10.4. The number of nitrogens with one attached hydrogen (secondary N) is 1. The molecule has 1 aromatic heterocycles. The van der Waals surface area contributed by atoms with Gasteiger partial charge in [0.2, 0.25) is 5.88 Å². The lowest BCUT2D eigenvalue weighted by molar-refractivity contribution is 0.300. The van der Waals surface area contributed by atoms with Gasteiger partial charge in [0.25, 0.3) is 0 Å². The van der Waals surface area contributed by atoms with Crippen LogP contribution in [0.4, 0.5) is 0 Å². The van der Waals surface area contributed by atoms with Gasteiger partial charge in [0, 0.05) is 25.4 Å². The van der Waals surface area contributed by atoms with E-state index in [1.165, 1.54) is 0 Å². The van der Waals surface area contributed by atoms with Gasteiger partial charge in [-0.3, -0.25) is 0 Å². The molecule has 0 bridgehead atoms. The van der Waals surface area contributed by atoms with Gasteiger partial charge in [0.15, 0.2) is 0 Å². The molecule has 4 nitrogen and oxygen atoms in total. The molecule has 140 valence electrons. The Labute approximate surface area is 176 Å². The topological polar surface area (TPSA) is 43.4 Å². The zero-order valence-corrected chi connectivity index (χ0v) is 17.9. The van der Waals surface area contributed by atoms with Gasteiger partial charge < -0.3 is 14.8 Å². The first kappa shape index (κ1) is 19.9. The highest BCUT2D eigenvalue weighted by Gasteiger charge is 2.09. The highest BCUT2D eigenvalue weighted by Crippen LogP contribution is 2.35. The number of nitrogens with zero attached hydrogens (tertiary/aromatic N) is 1. The Morgan fingerprint density at radius 3 is 2.30 bits per heavy atom. The lowest BCUT2D eigenvalue weighted by Gasteiger charge is -2.13. The van der Waals surface area contributed by atoms with E-state index < -0.39 is 0 Å². The molecule has 2 aromatic carbocycles. The molecule has 3 aromatic rings. The molecule has 0 saturated carbocycles. The predicted octanol–water partition coefficient (Wildman–Crippen LogP) is 5.35. The quantitative estimate of drug-likeness (QED) is 0.409. The number of benzene rings is 2. The van der Waals surface area contributed by atoms with Crippen LogP contribution in [0, 0.1) is 0 Å². The molecule has 1 heterocycles. The Kier molecular flexibility index (Phi) is 7.68. The molecule has 0 aliphatic heterocycles. The third kappa shape index (κ3) is 6.34. The van der Waals surface area contributed by atoms with Crippen molar-refractivity contribution < 1.29 is 9.47 Å². The Morgan fingerprint density at radius 2 is 1.59 bits per heavy atom. The standard InChI is InChI=1S/C21H20Br2N2O2/c22-18-12-17(14-24-10-11-26-20-8-4-5-9-25-20)13-19(23)21(18)27-15-16-6-2-1-3-7-16/h1-9,12-13,24H,10-11,14-15H2. The molecule has 6 heteroatoms. The van der Waals surface area contributed by atoms with Crippen LogP contribution in [-0.4, -0.2) is 18.1 Å². The van der Waals surface area contributed by atoms with E-state index >= 15 is 0 Å². The average Bonchev–Trinajstić information content (AvgIpc) is 2.69. The highest BCUT2D eigenvalue weighted by molar-refractivity contribution is 9.11. The van der Waals surface area contributed by atoms with Crippen LogP contribution in [0.3, 0.4) is 0 Å². The van der Waals surface area contributed by atoms with E-state index in [1.54, 1.807) is 6.20 Å². The Morgan fingerprint density at radius 1 is 0.852 bits per heavy atom. The van der Waals surface area contributed by atoms with Crippen molar-refractivity contribution in [3.05, 3.63) is 86.9 Å². The van der Waals surface area contributed by atoms with Crippen LogP contribution in [0.15, 0.2) is 75.8 Å². The van der Waals surface area contributed by atoms with Gasteiger partial charge >= 0.3 is 0 Å². The van der Waals surface area contributed by atoms with E-state index in [4.69, 9.17) is 9.47 Å². The predicted molar refractivity (Wildman–Crippen MR) is 114 cm³/mol. The normalized spacial score (nSPS) is 10.6. The summed E-state index contributed by atoms with van der Waals surface area (Å²) in [5.74, 6) is 1.45. The summed E-state index contributed by atoms with van der Waals surface area (Å²) < 4.78 is 13.4. The molecule has 0 amide bonds. The van der Waals surface area contributed by atoms with Crippen molar-refractivity contribution in [3.63, 3.8) is 0 Å². The minimum absolute atomic E-state index is 0.528. The molecular formula is C21H20Br2N2O2. The minimum Gasteiger partial charge on any atom is -0.487 e. The van der Waals surface area contributed by atoms with E-state index in [0.717, 1.165) is 38.9 Å². The van der Waals surface area contributed by atoms with Crippen LogP contribution in [0.2, 0.25) is 0 Å². The van der Waals surface area contributed by atoms with Crippen molar-refractivity contribution in [2.45, 2.75) is 13.2 Å². The number of ether oxygens (including phenoxy) is 2. The average molecular weight is 492 g/mol. The summed E-state index contributed by atoms with van der Waals surface area (Å²) in [4.78, 5) is 4.13. The van der Waals surface area contributed by atoms with Gasteiger partial charge in [-0.2, -0.15) is 0 Å². The van der Waals surface area contributed by atoms with Crippen molar-refractivity contribution >= 4 is 31.9 Å². The Bertz CT molecular complexity index is 822. The van der Waals surface area contributed by atoms with Crippen molar-refractivity contribution in [2.24, 2.45) is 0 Å². The fourth-order valence-corrected chi connectivity index (χ4v) is 3.99. The van der Waals surface area contributed by atoms with Gasteiger partial charge in [-0.25, -0.2) is 4.98 Å². The smallest absolute Gasteiger partial charge is 0.213 e. The monoisotopic (exact) mass is 490 g/mol. The first-order chi connectivity index (χ1) is 13.2. The van der Waals surface area contributed by atoms with Crippen LogP contribution in [0.1, 0.15) is 11.1 Å². The number of aromatic nitrogens is 1. The minimum atomic E-state index is 0.528. The molecule has 1 N–H and O–H groups in total. The molecule has 0 atom stereocenters.